The Hall–Kier alpha value is -2.54. The van der Waals surface area contributed by atoms with Crippen LogP contribution >= 0.6 is 11.8 Å². The Morgan fingerprint density at radius 2 is 1.71 bits per heavy atom. The van der Waals surface area contributed by atoms with Crippen LogP contribution in [0, 0.1) is 5.82 Å². The van der Waals surface area contributed by atoms with Gasteiger partial charge in [0.2, 0.25) is 5.88 Å². The van der Waals surface area contributed by atoms with Crippen molar-refractivity contribution in [1.82, 2.24) is 9.97 Å². The number of rotatable bonds is 5. The molecule has 0 saturated carbocycles. The Morgan fingerprint density at radius 3 is 2.38 bits per heavy atom. The highest BCUT2D eigenvalue weighted by Crippen LogP contribution is 2.36. The molecule has 0 bridgehead atoms. The predicted molar refractivity (Wildman–Crippen MR) is 90.9 cm³/mol. The molecule has 2 aromatic carbocycles. The molecule has 124 valence electrons. The van der Waals surface area contributed by atoms with Gasteiger partial charge >= 0.3 is 0 Å². The van der Waals surface area contributed by atoms with Crippen LogP contribution in [-0.2, 0) is 0 Å². The molecule has 1 heterocycles. The highest BCUT2D eigenvalue weighted by molar-refractivity contribution is 7.98. The first-order valence-electron chi connectivity index (χ1n) is 7.04. The molecule has 0 aliphatic heterocycles. The third-order valence-electron chi connectivity index (χ3n) is 3.45. The highest BCUT2D eigenvalue weighted by Gasteiger charge is 2.14. The van der Waals surface area contributed by atoms with Crippen LogP contribution in [0.15, 0.2) is 41.6 Å². The minimum absolute atomic E-state index is 0.0996. The van der Waals surface area contributed by atoms with Crippen molar-refractivity contribution in [2.75, 3.05) is 20.5 Å². The van der Waals surface area contributed by atoms with Crippen LogP contribution in [0.3, 0.4) is 0 Å². The van der Waals surface area contributed by atoms with Gasteiger partial charge in [0, 0.05) is 11.0 Å². The summed E-state index contributed by atoms with van der Waals surface area (Å²) in [6, 6.07) is 8.21. The Morgan fingerprint density at radius 1 is 0.958 bits per heavy atom. The molecule has 0 unspecified atom stereocenters. The standard InChI is InChI=1S/C17H15FN2O3S/c1-21-15-7-11-13(8-16(15)22-2)19-9-20-17(11)23-14-5-4-10(24-3)6-12(14)18/h4-9H,1-3H3. The normalized spacial score (nSPS) is 10.7. The fourth-order valence-electron chi connectivity index (χ4n) is 2.24. The first-order valence-corrected chi connectivity index (χ1v) is 8.27. The minimum Gasteiger partial charge on any atom is -0.493 e. The maximum absolute atomic E-state index is 14.2. The van der Waals surface area contributed by atoms with Crippen LogP contribution in [0.1, 0.15) is 0 Å². The third kappa shape index (κ3) is 3.07. The SMILES string of the molecule is COc1cc2ncnc(Oc3ccc(SC)cc3F)c2cc1OC. The lowest BCUT2D eigenvalue weighted by Crippen LogP contribution is -1.96. The number of methoxy groups -OCH3 is 2. The Kier molecular flexibility index (Phi) is 4.71. The number of thioether (sulfide) groups is 1. The van der Waals surface area contributed by atoms with Gasteiger partial charge in [-0.05, 0) is 30.5 Å². The van der Waals surface area contributed by atoms with Crippen molar-refractivity contribution in [3.63, 3.8) is 0 Å². The molecule has 3 rings (SSSR count). The van der Waals surface area contributed by atoms with Gasteiger partial charge in [-0.3, -0.25) is 0 Å². The Labute approximate surface area is 142 Å². The van der Waals surface area contributed by atoms with Gasteiger partial charge < -0.3 is 14.2 Å². The molecule has 0 saturated heterocycles. The van der Waals surface area contributed by atoms with Crippen molar-refractivity contribution in [3.8, 4) is 23.1 Å². The summed E-state index contributed by atoms with van der Waals surface area (Å²) in [5, 5.41) is 0.600. The van der Waals surface area contributed by atoms with Crippen molar-refractivity contribution in [2.45, 2.75) is 4.90 Å². The van der Waals surface area contributed by atoms with Gasteiger partial charge in [0.15, 0.2) is 23.1 Å². The van der Waals surface area contributed by atoms with Crippen LogP contribution in [0.2, 0.25) is 0 Å². The van der Waals surface area contributed by atoms with Gasteiger partial charge in [0.1, 0.15) is 6.33 Å². The lowest BCUT2D eigenvalue weighted by Gasteiger charge is -2.12. The topological polar surface area (TPSA) is 53.5 Å². The molecule has 0 aliphatic carbocycles. The molecular formula is C17H15FN2O3S. The van der Waals surface area contributed by atoms with E-state index in [-0.39, 0.29) is 11.6 Å². The molecule has 0 atom stereocenters. The van der Waals surface area contributed by atoms with Crippen LogP contribution < -0.4 is 14.2 Å². The lowest BCUT2D eigenvalue weighted by atomic mass is 10.2. The number of halogens is 1. The summed E-state index contributed by atoms with van der Waals surface area (Å²) in [6.45, 7) is 0. The summed E-state index contributed by atoms with van der Waals surface area (Å²) in [5.41, 5.74) is 0.610. The van der Waals surface area contributed by atoms with Crippen molar-refractivity contribution >= 4 is 22.7 Å². The predicted octanol–water partition coefficient (Wildman–Crippen LogP) is 4.30. The van der Waals surface area contributed by atoms with Crippen LogP contribution in [0.5, 0.6) is 23.1 Å². The highest BCUT2D eigenvalue weighted by atomic mass is 32.2. The molecule has 0 amide bonds. The van der Waals surface area contributed by atoms with E-state index in [9.17, 15) is 4.39 Å². The third-order valence-corrected chi connectivity index (χ3v) is 4.18. The smallest absolute Gasteiger partial charge is 0.230 e. The summed E-state index contributed by atoms with van der Waals surface area (Å²) in [7, 11) is 3.08. The maximum atomic E-state index is 14.2. The summed E-state index contributed by atoms with van der Waals surface area (Å²) in [6.07, 6.45) is 3.24. The molecule has 1 aromatic heterocycles. The first kappa shape index (κ1) is 16.3. The van der Waals surface area contributed by atoms with E-state index >= 15 is 0 Å². The van der Waals surface area contributed by atoms with Crippen molar-refractivity contribution < 1.29 is 18.6 Å². The van der Waals surface area contributed by atoms with Gasteiger partial charge in [0.25, 0.3) is 0 Å². The summed E-state index contributed by atoms with van der Waals surface area (Å²) < 4.78 is 30.4. The monoisotopic (exact) mass is 346 g/mol. The average molecular weight is 346 g/mol. The van der Waals surface area contributed by atoms with Crippen LogP contribution in [0.4, 0.5) is 4.39 Å². The number of fused-ring (bicyclic) bond motifs is 1. The maximum Gasteiger partial charge on any atom is 0.230 e. The second-order valence-corrected chi connectivity index (χ2v) is 5.68. The first-order chi connectivity index (χ1) is 11.7. The van der Waals surface area contributed by atoms with Crippen LogP contribution in [0.25, 0.3) is 10.9 Å². The molecule has 24 heavy (non-hydrogen) atoms. The molecule has 5 nitrogen and oxygen atoms in total. The van der Waals surface area contributed by atoms with Gasteiger partial charge in [-0.2, -0.15) is 0 Å². The van der Waals surface area contributed by atoms with E-state index in [4.69, 9.17) is 14.2 Å². The van der Waals surface area contributed by atoms with Crippen LogP contribution in [-0.4, -0.2) is 30.4 Å². The number of benzene rings is 2. The van der Waals surface area contributed by atoms with Crippen molar-refractivity contribution in [2.24, 2.45) is 0 Å². The fraction of sp³-hybridized carbons (Fsp3) is 0.176. The number of ether oxygens (including phenoxy) is 3. The zero-order valence-electron chi connectivity index (χ0n) is 13.4. The number of aromatic nitrogens is 2. The van der Waals surface area contributed by atoms with E-state index in [1.807, 2.05) is 6.26 Å². The molecule has 7 heteroatoms. The average Bonchev–Trinajstić information content (AvgIpc) is 2.62. The lowest BCUT2D eigenvalue weighted by molar-refractivity contribution is 0.355. The summed E-state index contributed by atoms with van der Waals surface area (Å²) in [4.78, 5) is 9.13. The fourth-order valence-corrected chi connectivity index (χ4v) is 2.66. The van der Waals surface area contributed by atoms with E-state index in [0.717, 1.165) is 4.90 Å². The number of nitrogens with zero attached hydrogens (tertiary/aromatic N) is 2. The van der Waals surface area contributed by atoms with E-state index in [0.29, 0.717) is 22.4 Å². The summed E-state index contributed by atoms with van der Waals surface area (Å²) in [5.74, 6) is 0.960. The molecule has 0 spiro atoms. The minimum atomic E-state index is -0.450. The molecule has 0 N–H and O–H groups in total. The Bertz CT molecular complexity index is 889. The largest absolute Gasteiger partial charge is 0.493 e. The molecule has 0 fully saturated rings. The molecule has 0 aliphatic rings. The number of hydrogen-bond acceptors (Lipinski definition) is 6. The van der Waals surface area contributed by atoms with Gasteiger partial charge in [-0.15, -0.1) is 11.8 Å². The van der Waals surface area contributed by atoms with Crippen molar-refractivity contribution in [1.29, 1.82) is 0 Å². The van der Waals surface area contributed by atoms with E-state index in [1.54, 1.807) is 31.4 Å². The Balaban J connectivity index is 2.06. The van der Waals surface area contributed by atoms with Gasteiger partial charge in [-0.1, -0.05) is 0 Å². The zero-order valence-corrected chi connectivity index (χ0v) is 14.2. The summed E-state index contributed by atoms with van der Waals surface area (Å²) >= 11 is 1.46. The number of hydrogen-bond donors (Lipinski definition) is 0. The quantitative estimate of drug-likeness (QED) is 0.642. The second-order valence-electron chi connectivity index (χ2n) is 4.80. The van der Waals surface area contributed by atoms with Gasteiger partial charge in [0.05, 0.1) is 25.1 Å². The molecule has 0 radical (unpaired) electrons. The zero-order chi connectivity index (χ0) is 17.1. The second kappa shape index (κ2) is 6.92. The van der Waals surface area contributed by atoms with Gasteiger partial charge in [-0.25, -0.2) is 14.4 Å². The van der Waals surface area contributed by atoms with E-state index in [2.05, 4.69) is 9.97 Å². The van der Waals surface area contributed by atoms with Crippen molar-refractivity contribution in [3.05, 3.63) is 42.5 Å². The molecular weight excluding hydrogens is 331 g/mol. The van der Waals surface area contributed by atoms with E-state index in [1.165, 1.54) is 31.3 Å². The van der Waals surface area contributed by atoms with E-state index < -0.39 is 5.82 Å². The molecule has 3 aromatic rings.